The molecule has 0 radical (unpaired) electrons. The van der Waals surface area contributed by atoms with Crippen molar-refractivity contribution in [3.05, 3.63) is 52.7 Å². The van der Waals surface area contributed by atoms with Crippen molar-refractivity contribution in [2.75, 3.05) is 20.0 Å². The number of nitrogen functional groups attached to an aromatic ring is 1. The Morgan fingerprint density at radius 3 is 2.45 bits per heavy atom. The number of hydrogen-bond acceptors (Lipinski definition) is 5. The van der Waals surface area contributed by atoms with E-state index in [4.69, 9.17) is 19.6 Å². The molecule has 112 valence electrons. The van der Waals surface area contributed by atoms with Gasteiger partial charge in [-0.15, -0.1) is 0 Å². The Morgan fingerprint density at radius 1 is 0.955 bits per heavy atom. The summed E-state index contributed by atoms with van der Waals surface area (Å²) in [5, 5.41) is 0.462. The summed E-state index contributed by atoms with van der Waals surface area (Å²) in [5.74, 6) is 1.64. The van der Waals surface area contributed by atoms with Crippen LogP contribution in [0.2, 0.25) is 0 Å². The average Bonchev–Trinajstić information content (AvgIpc) is 2.54. The number of ether oxygens (including phenoxy) is 2. The lowest BCUT2D eigenvalue weighted by Crippen LogP contribution is -2.01. The van der Waals surface area contributed by atoms with Crippen LogP contribution in [-0.2, 0) is 0 Å². The first-order valence-corrected chi connectivity index (χ1v) is 6.68. The third-order valence-corrected chi connectivity index (χ3v) is 3.42. The van der Waals surface area contributed by atoms with Gasteiger partial charge in [-0.3, -0.25) is 4.79 Å². The Bertz CT molecular complexity index is 899. The first-order chi connectivity index (χ1) is 10.6. The standard InChI is InChI=1S/C17H15NO4/c1-20-15-5-3-10(7-17(15)21-2)16-9-13(19)12-8-11(18)4-6-14(12)22-16/h3-9H,18H2,1-2H3. The summed E-state index contributed by atoms with van der Waals surface area (Å²) in [6.45, 7) is 0. The normalized spacial score (nSPS) is 10.6. The summed E-state index contributed by atoms with van der Waals surface area (Å²) in [5.41, 5.74) is 7.31. The summed E-state index contributed by atoms with van der Waals surface area (Å²) in [4.78, 5) is 12.2. The van der Waals surface area contributed by atoms with Crippen LogP contribution in [0.4, 0.5) is 5.69 Å². The van der Waals surface area contributed by atoms with Gasteiger partial charge in [-0.1, -0.05) is 0 Å². The van der Waals surface area contributed by atoms with Crippen molar-refractivity contribution >= 4 is 16.7 Å². The first kappa shape index (κ1) is 14.0. The van der Waals surface area contributed by atoms with E-state index >= 15 is 0 Å². The van der Waals surface area contributed by atoms with Crippen LogP contribution in [0.5, 0.6) is 11.5 Å². The van der Waals surface area contributed by atoms with Gasteiger partial charge in [0.1, 0.15) is 11.3 Å². The first-order valence-electron chi connectivity index (χ1n) is 6.68. The van der Waals surface area contributed by atoms with E-state index in [0.29, 0.717) is 33.9 Å². The van der Waals surface area contributed by atoms with Crippen LogP contribution in [0.1, 0.15) is 0 Å². The van der Waals surface area contributed by atoms with Crippen LogP contribution in [-0.4, -0.2) is 14.2 Å². The van der Waals surface area contributed by atoms with Crippen molar-refractivity contribution in [1.29, 1.82) is 0 Å². The largest absolute Gasteiger partial charge is 0.493 e. The van der Waals surface area contributed by atoms with E-state index < -0.39 is 0 Å². The molecule has 1 heterocycles. The minimum absolute atomic E-state index is 0.140. The molecule has 0 fully saturated rings. The monoisotopic (exact) mass is 297 g/mol. The molecule has 3 rings (SSSR count). The quantitative estimate of drug-likeness (QED) is 0.752. The average molecular weight is 297 g/mol. The molecule has 1 aromatic heterocycles. The van der Waals surface area contributed by atoms with Gasteiger partial charge in [-0.2, -0.15) is 0 Å². The third kappa shape index (κ3) is 2.37. The van der Waals surface area contributed by atoms with Crippen LogP contribution in [0.25, 0.3) is 22.3 Å². The number of anilines is 1. The molecule has 0 saturated carbocycles. The summed E-state index contributed by atoms with van der Waals surface area (Å²) in [6, 6.07) is 11.8. The minimum Gasteiger partial charge on any atom is -0.493 e. The fraction of sp³-hybridized carbons (Fsp3) is 0.118. The van der Waals surface area contributed by atoms with Crippen LogP contribution < -0.4 is 20.6 Å². The molecule has 0 saturated heterocycles. The van der Waals surface area contributed by atoms with Crippen LogP contribution in [0.15, 0.2) is 51.7 Å². The molecule has 0 spiro atoms. The molecule has 5 heteroatoms. The Balaban J connectivity index is 2.18. The Morgan fingerprint density at radius 2 is 1.73 bits per heavy atom. The van der Waals surface area contributed by atoms with Crippen LogP contribution in [0.3, 0.4) is 0 Å². The second kappa shape index (κ2) is 5.44. The molecule has 2 N–H and O–H groups in total. The summed E-state index contributed by atoms with van der Waals surface area (Å²) >= 11 is 0. The highest BCUT2D eigenvalue weighted by molar-refractivity contribution is 5.82. The van der Waals surface area contributed by atoms with E-state index in [2.05, 4.69) is 0 Å². The molecule has 0 aliphatic heterocycles. The highest BCUT2D eigenvalue weighted by Gasteiger charge is 2.10. The minimum atomic E-state index is -0.140. The van der Waals surface area contributed by atoms with Gasteiger partial charge in [0, 0.05) is 17.3 Å². The van der Waals surface area contributed by atoms with Crippen molar-refractivity contribution in [3.8, 4) is 22.8 Å². The number of methoxy groups -OCH3 is 2. The van der Waals surface area contributed by atoms with Gasteiger partial charge < -0.3 is 19.6 Å². The molecule has 5 nitrogen and oxygen atoms in total. The fourth-order valence-electron chi connectivity index (χ4n) is 2.31. The second-order valence-corrected chi connectivity index (χ2v) is 4.80. The lowest BCUT2D eigenvalue weighted by atomic mass is 10.1. The molecule has 0 aliphatic rings. The lowest BCUT2D eigenvalue weighted by Gasteiger charge is -2.09. The summed E-state index contributed by atoms with van der Waals surface area (Å²) < 4.78 is 16.3. The molecule has 0 atom stereocenters. The van der Waals surface area contributed by atoms with Gasteiger partial charge >= 0.3 is 0 Å². The van der Waals surface area contributed by atoms with Gasteiger partial charge in [0.05, 0.1) is 19.6 Å². The number of rotatable bonds is 3. The Hall–Kier alpha value is -2.95. The topological polar surface area (TPSA) is 74.7 Å². The van der Waals surface area contributed by atoms with E-state index in [9.17, 15) is 4.79 Å². The lowest BCUT2D eigenvalue weighted by molar-refractivity contribution is 0.355. The van der Waals surface area contributed by atoms with E-state index in [1.54, 1.807) is 44.6 Å². The zero-order valence-electron chi connectivity index (χ0n) is 12.3. The molecule has 2 aromatic carbocycles. The van der Waals surface area contributed by atoms with Gasteiger partial charge in [0.15, 0.2) is 16.9 Å². The van der Waals surface area contributed by atoms with E-state index in [1.807, 2.05) is 6.07 Å². The Kier molecular flexibility index (Phi) is 3.47. The van der Waals surface area contributed by atoms with Crippen molar-refractivity contribution < 1.29 is 13.9 Å². The molecule has 0 unspecified atom stereocenters. The molecular formula is C17H15NO4. The second-order valence-electron chi connectivity index (χ2n) is 4.80. The van der Waals surface area contributed by atoms with Gasteiger partial charge in [-0.05, 0) is 36.4 Å². The molecule has 22 heavy (non-hydrogen) atoms. The SMILES string of the molecule is COc1ccc(-c2cc(=O)c3cc(N)ccc3o2)cc1OC. The predicted octanol–water partition coefficient (Wildman–Crippen LogP) is 3.06. The van der Waals surface area contributed by atoms with E-state index in [0.717, 1.165) is 5.56 Å². The maximum atomic E-state index is 12.2. The number of hydrogen-bond donors (Lipinski definition) is 1. The van der Waals surface area contributed by atoms with Crippen LogP contribution >= 0.6 is 0 Å². The maximum Gasteiger partial charge on any atom is 0.193 e. The van der Waals surface area contributed by atoms with Crippen molar-refractivity contribution in [3.63, 3.8) is 0 Å². The summed E-state index contributed by atoms with van der Waals surface area (Å²) in [6.07, 6.45) is 0. The molecule has 0 bridgehead atoms. The van der Waals surface area contributed by atoms with Gasteiger partial charge in [0.25, 0.3) is 0 Å². The zero-order chi connectivity index (χ0) is 15.7. The maximum absolute atomic E-state index is 12.2. The number of fused-ring (bicyclic) bond motifs is 1. The van der Waals surface area contributed by atoms with Crippen molar-refractivity contribution in [2.24, 2.45) is 0 Å². The zero-order valence-corrected chi connectivity index (χ0v) is 12.3. The highest BCUT2D eigenvalue weighted by atomic mass is 16.5. The summed E-state index contributed by atoms with van der Waals surface area (Å²) in [7, 11) is 3.12. The van der Waals surface area contributed by atoms with E-state index in [-0.39, 0.29) is 5.43 Å². The number of nitrogens with two attached hydrogens (primary N) is 1. The number of benzene rings is 2. The molecule has 0 amide bonds. The Labute approximate surface area is 126 Å². The van der Waals surface area contributed by atoms with Crippen molar-refractivity contribution in [2.45, 2.75) is 0 Å². The van der Waals surface area contributed by atoms with Gasteiger partial charge in [-0.25, -0.2) is 0 Å². The van der Waals surface area contributed by atoms with E-state index in [1.165, 1.54) is 6.07 Å². The molecule has 0 aliphatic carbocycles. The predicted molar refractivity (Wildman–Crippen MR) is 85.4 cm³/mol. The van der Waals surface area contributed by atoms with Gasteiger partial charge in [0.2, 0.25) is 0 Å². The smallest absolute Gasteiger partial charge is 0.193 e. The molecule has 3 aromatic rings. The van der Waals surface area contributed by atoms with Crippen LogP contribution in [0, 0.1) is 0 Å². The fourth-order valence-corrected chi connectivity index (χ4v) is 2.31. The third-order valence-electron chi connectivity index (χ3n) is 3.42. The van der Waals surface area contributed by atoms with Crippen molar-refractivity contribution in [1.82, 2.24) is 0 Å². The highest BCUT2D eigenvalue weighted by Crippen LogP contribution is 2.32. The molecular weight excluding hydrogens is 282 g/mol.